The second-order valence-corrected chi connectivity index (χ2v) is 2.93. The van der Waals surface area contributed by atoms with Gasteiger partial charge in [-0.1, -0.05) is 26.2 Å². The molecule has 1 heteroatoms. The zero-order valence-corrected chi connectivity index (χ0v) is 8.55. The molecule has 1 aromatic rings. The number of rotatable bonds is 1. The molecule has 72 valence electrons. The Morgan fingerprint density at radius 3 is 1.92 bits per heavy atom. The van der Waals surface area contributed by atoms with Crippen molar-refractivity contribution in [2.75, 3.05) is 0 Å². The van der Waals surface area contributed by atoms with E-state index < -0.39 is 0 Å². The molecule has 1 aromatic heterocycles. The molecule has 0 unspecified atom stereocenters. The van der Waals surface area contributed by atoms with Crippen LogP contribution in [0, 0.1) is 19.8 Å². The molecule has 13 heavy (non-hydrogen) atoms. The summed E-state index contributed by atoms with van der Waals surface area (Å²) in [5.41, 5.74) is 0. The van der Waals surface area contributed by atoms with E-state index in [1.165, 1.54) is 19.3 Å². The summed E-state index contributed by atoms with van der Waals surface area (Å²) in [6, 6.07) is 3.99. The van der Waals surface area contributed by atoms with Crippen molar-refractivity contribution in [1.29, 1.82) is 0 Å². The van der Waals surface area contributed by atoms with E-state index in [-0.39, 0.29) is 0 Å². The highest BCUT2D eigenvalue weighted by atomic mass is 16.3. The molecule has 1 fully saturated rings. The second kappa shape index (κ2) is 7.49. The third-order valence-electron chi connectivity index (χ3n) is 1.50. The average molecular weight is 178 g/mol. The molecule has 0 aromatic carbocycles. The quantitative estimate of drug-likeness (QED) is 0.599. The van der Waals surface area contributed by atoms with E-state index in [0.29, 0.717) is 0 Å². The fourth-order valence-corrected chi connectivity index (χ4v) is 0.675. The Kier molecular flexibility index (Phi) is 6.82. The second-order valence-electron chi connectivity index (χ2n) is 2.93. The highest BCUT2D eigenvalue weighted by molar-refractivity contribution is 5.04. The molecule has 2 rings (SSSR count). The Morgan fingerprint density at radius 2 is 1.77 bits per heavy atom. The van der Waals surface area contributed by atoms with Gasteiger partial charge in [-0.3, -0.25) is 0 Å². The van der Waals surface area contributed by atoms with Gasteiger partial charge in [-0.25, -0.2) is 0 Å². The first-order valence-corrected chi connectivity index (χ1v) is 4.71. The summed E-state index contributed by atoms with van der Waals surface area (Å²) in [6.07, 6.45) is 13.5. The molecule has 1 aliphatic rings. The van der Waals surface area contributed by atoms with Crippen LogP contribution in [0.3, 0.4) is 0 Å². The van der Waals surface area contributed by atoms with E-state index in [0.717, 1.165) is 17.9 Å². The lowest BCUT2D eigenvalue weighted by Gasteiger charge is -1.83. The van der Waals surface area contributed by atoms with Gasteiger partial charge < -0.3 is 4.42 Å². The number of terminal acetylenes is 1. The minimum Gasteiger partial charge on any atom is -0.466 e. The molecule has 0 aliphatic heterocycles. The Labute approximate surface area is 81.2 Å². The van der Waals surface area contributed by atoms with Crippen LogP contribution in [-0.2, 0) is 6.42 Å². The van der Waals surface area contributed by atoms with Gasteiger partial charge >= 0.3 is 0 Å². The minimum atomic E-state index is 0.994. The predicted octanol–water partition coefficient (Wildman–Crippen LogP) is 3.57. The van der Waals surface area contributed by atoms with Crippen LogP contribution in [0.4, 0.5) is 0 Å². The molecule has 1 saturated carbocycles. The van der Waals surface area contributed by atoms with E-state index in [9.17, 15) is 0 Å². The van der Waals surface area contributed by atoms with Crippen molar-refractivity contribution in [3.8, 4) is 12.8 Å². The van der Waals surface area contributed by atoms with Gasteiger partial charge in [0.05, 0.1) is 0 Å². The normalized spacial score (nSPS) is 11.7. The summed E-state index contributed by atoms with van der Waals surface area (Å²) in [7, 11) is 0. The van der Waals surface area contributed by atoms with Crippen LogP contribution in [0.2, 0.25) is 0 Å². The third kappa shape index (κ3) is 7.21. The zero-order valence-electron chi connectivity index (χ0n) is 8.55. The minimum absolute atomic E-state index is 0.994. The SMILES string of the molecule is C#C.C1CC1.CCc1ccc(C)o1. The summed E-state index contributed by atoms with van der Waals surface area (Å²) in [5, 5.41) is 0. The lowest BCUT2D eigenvalue weighted by molar-refractivity contribution is 0.489. The monoisotopic (exact) mass is 178 g/mol. The van der Waals surface area contributed by atoms with Gasteiger partial charge in [-0.2, -0.15) is 0 Å². The summed E-state index contributed by atoms with van der Waals surface area (Å²) in [6.45, 7) is 4.04. The molecular formula is C12H18O. The molecule has 0 amide bonds. The van der Waals surface area contributed by atoms with Gasteiger partial charge in [-0.15, -0.1) is 12.8 Å². The molecule has 0 spiro atoms. The summed E-state index contributed by atoms with van der Waals surface area (Å²) in [5.74, 6) is 2.07. The summed E-state index contributed by atoms with van der Waals surface area (Å²) >= 11 is 0. The molecule has 0 N–H and O–H groups in total. The van der Waals surface area contributed by atoms with Crippen LogP contribution in [0.1, 0.15) is 37.7 Å². The van der Waals surface area contributed by atoms with Crippen molar-refractivity contribution >= 4 is 0 Å². The zero-order chi connectivity index (χ0) is 10.1. The molecule has 0 saturated heterocycles. The largest absolute Gasteiger partial charge is 0.466 e. The van der Waals surface area contributed by atoms with Crippen LogP contribution < -0.4 is 0 Å². The highest BCUT2D eigenvalue weighted by Crippen LogP contribution is 2.14. The first kappa shape index (κ1) is 11.8. The topological polar surface area (TPSA) is 13.1 Å². The summed E-state index contributed by atoms with van der Waals surface area (Å²) in [4.78, 5) is 0. The fraction of sp³-hybridized carbons (Fsp3) is 0.500. The lowest BCUT2D eigenvalue weighted by Crippen LogP contribution is -1.67. The number of furan rings is 1. The van der Waals surface area contributed by atoms with E-state index in [2.05, 4.69) is 19.8 Å². The maximum Gasteiger partial charge on any atom is 0.103 e. The smallest absolute Gasteiger partial charge is 0.103 e. The standard InChI is InChI=1S/C7H10O.C3H6.C2H2/c1-3-7-5-4-6(2)8-7;1-2-3-1;1-2/h4-5H,3H2,1-2H3;1-3H2;1-2H. The average Bonchev–Trinajstić information content (AvgIpc) is 2.99. The van der Waals surface area contributed by atoms with Crippen molar-refractivity contribution in [2.45, 2.75) is 39.5 Å². The first-order chi connectivity index (χ1) is 6.33. The van der Waals surface area contributed by atoms with Gasteiger partial charge in [0.15, 0.2) is 0 Å². The van der Waals surface area contributed by atoms with E-state index in [1.54, 1.807) is 0 Å². The first-order valence-electron chi connectivity index (χ1n) is 4.71. The van der Waals surface area contributed by atoms with E-state index in [4.69, 9.17) is 4.42 Å². The number of aryl methyl sites for hydroxylation is 2. The lowest BCUT2D eigenvalue weighted by atomic mass is 10.4. The molecule has 0 bridgehead atoms. The van der Waals surface area contributed by atoms with Crippen LogP contribution in [0.5, 0.6) is 0 Å². The van der Waals surface area contributed by atoms with E-state index >= 15 is 0 Å². The van der Waals surface area contributed by atoms with Gasteiger partial charge in [0.25, 0.3) is 0 Å². The summed E-state index contributed by atoms with van der Waals surface area (Å²) < 4.78 is 5.23. The molecule has 0 radical (unpaired) electrons. The van der Waals surface area contributed by atoms with E-state index in [1.807, 2.05) is 19.1 Å². The van der Waals surface area contributed by atoms with Gasteiger partial charge in [0.2, 0.25) is 0 Å². The van der Waals surface area contributed by atoms with Crippen LogP contribution in [-0.4, -0.2) is 0 Å². The van der Waals surface area contributed by atoms with Crippen molar-refractivity contribution in [1.82, 2.24) is 0 Å². The molecule has 1 nitrogen and oxygen atoms in total. The maximum atomic E-state index is 5.23. The van der Waals surface area contributed by atoms with Crippen LogP contribution in [0.25, 0.3) is 0 Å². The predicted molar refractivity (Wildman–Crippen MR) is 56.6 cm³/mol. The van der Waals surface area contributed by atoms with Crippen molar-refractivity contribution in [3.63, 3.8) is 0 Å². The fourth-order valence-electron chi connectivity index (χ4n) is 0.675. The van der Waals surface area contributed by atoms with Crippen molar-refractivity contribution in [3.05, 3.63) is 23.7 Å². The van der Waals surface area contributed by atoms with Crippen LogP contribution >= 0.6 is 0 Å². The van der Waals surface area contributed by atoms with Gasteiger partial charge in [0, 0.05) is 6.42 Å². The Morgan fingerprint density at radius 1 is 1.23 bits per heavy atom. The Bertz CT molecular complexity index is 228. The number of hydrogen-bond acceptors (Lipinski definition) is 1. The third-order valence-corrected chi connectivity index (χ3v) is 1.50. The molecule has 0 atom stereocenters. The number of hydrogen-bond donors (Lipinski definition) is 0. The van der Waals surface area contributed by atoms with Crippen molar-refractivity contribution in [2.24, 2.45) is 0 Å². The van der Waals surface area contributed by atoms with Gasteiger partial charge in [-0.05, 0) is 19.1 Å². The van der Waals surface area contributed by atoms with Crippen molar-refractivity contribution < 1.29 is 4.42 Å². The maximum absolute atomic E-state index is 5.23. The van der Waals surface area contributed by atoms with Crippen LogP contribution in [0.15, 0.2) is 16.5 Å². The highest BCUT2D eigenvalue weighted by Gasteiger charge is 1.95. The molecular weight excluding hydrogens is 160 g/mol. The molecule has 1 heterocycles. The Balaban J connectivity index is 0.000000239. The van der Waals surface area contributed by atoms with Gasteiger partial charge in [0.1, 0.15) is 11.5 Å². The molecule has 1 aliphatic carbocycles. The Hall–Kier alpha value is -1.16.